The van der Waals surface area contributed by atoms with E-state index in [0.717, 1.165) is 18.1 Å². The summed E-state index contributed by atoms with van der Waals surface area (Å²) < 4.78 is 5.60. The first kappa shape index (κ1) is 12.1. The lowest BCUT2D eigenvalue weighted by Gasteiger charge is -2.05. The predicted octanol–water partition coefficient (Wildman–Crippen LogP) is 2.57. The highest BCUT2D eigenvalue weighted by atomic mass is 28.3. The Kier molecular flexibility index (Phi) is 3.78. The molecule has 1 heterocycles. The fourth-order valence-corrected chi connectivity index (χ4v) is 1.59. The van der Waals surface area contributed by atoms with Gasteiger partial charge in [-0.3, -0.25) is 0 Å². The van der Waals surface area contributed by atoms with Gasteiger partial charge in [0.15, 0.2) is 5.76 Å². The molecule has 0 atom stereocenters. The Morgan fingerprint density at radius 1 is 1.27 bits per heavy atom. The molecule has 0 fully saturated rings. The minimum Gasteiger partial charge on any atom is -0.451 e. The van der Waals surface area contributed by atoms with Crippen LogP contribution in [0.25, 0.3) is 0 Å². The number of hydrogen-bond donors (Lipinski definition) is 0. The molecule has 0 N–H and O–H groups in total. The van der Waals surface area contributed by atoms with Gasteiger partial charge in [-0.1, -0.05) is 19.6 Å². The molecular formula is C12H19NOSi. The first-order valence-electron chi connectivity index (χ1n) is 5.13. The van der Waals surface area contributed by atoms with Crippen LogP contribution < -0.4 is 0 Å². The van der Waals surface area contributed by atoms with Crippen LogP contribution in [0.3, 0.4) is 0 Å². The maximum Gasteiger partial charge on any atom is 0.176 e. The van der Waals surface area contributed by atoms with Crippen LogP contribution in [0.2, 0.25) is 19.6 Å². The molecule has 0 aliphatic carbocycles. The Bertz CT molecular complexity index is 376. The molecule has 0 aliphatic rings. The topological polar surface area (TPSA) is 16.4 Å². The van der Waals surface area contributed by atoms with Crippen molar-refractivity contribution < 1.29 is 4.42 Å². The second-order valence-corrected chi connectivity index (χ2v) is 9.75. The molecular weight excluding hydrogens is 202 g/mol. The van der Waals surface area contributed by atoms with E-state index in [1.807, 2.05) is 26.2 Å². The van der Waals surface area contributed by atoms with Gasteiger partial charge in [0, 0.05) is 0 Å². The number of rotatable bonds is 2. The Balaban J connectivity index is 2.71. The molecule has 0 saturated carbocycles. The lowest BCUT2D eigenvalue weighted by molar-refractivity contribution is 0.348. The van der Waals surface area contributed by atoms with Gasteiger partial charge in [0.2, 0.25) is 0 Å². The maximum absolute atomic E-state index is 5.60. The van der Waals surface area contributed by atoms with E-state index in [0.29, 0.717) is 0 Å². The van der Waals surface area contributed by atoms with Gasteiger partial charge in [-0.05, 0) is 32.1 Å². The molecule has 0 amide bonds. The van der Waals surface area contributed by atoms with Gasteiger partial charge in [-0.2, -0.15) is 0 Å². The smallest absolute Gasteiger partial charge is 0.176 e. The normalized spacial score (nSPS) is 11.3. The molecule has 1 aromatic heterocycles. The van der Waals surface area contributed by atoms with E-state index in [1.54, 1.807) is 0 Å². The minimum absolute atomic E-state index is 0.786. The fraction of sp³-hybridized carbons (Fsp3) is 0.500. The number of nitrogens with zero attached hydrogens (tertiary/aromatic N) is 1. The van der Waals surface area contributed by atoms with E-state index in [9.17, 15) is 0 Å². The second kappa shape index (κ2) is 4.69. The lowest BCUT2D eigenvalue weighted by Crippen LogP contribution is -2.16. The largest absolute Gasteiger partial charge is 0.451 e. The van der Waals surface area contributed by atoms with Crippen LogP contribution in [0.15, 0.2) is 16.5 Å². The van der Waals surface area contributed by atoms with E-state index < -0.39 is 8.07 Å². The number of furan rings is 1. The molecule has 0 unspecified atom stereocenters. The summed E-state index contributed by atoms with van der Waals surface area (Å²) in [7, 11) is 2.75. The Morgan fingerprint density at radius 3 is 2.47 bits per heavy atom. The van der Waals surface area contributed by atoms with Crippen molar-refractivity contribution in [2.45, 2.75) is 26.2 Å². The van der Waals surface area contributed by atoms with Crippen LogP contribution in [-0.4, -0.2) is 27.1 Å². The van der Waals surface area contributed by atoms with Crippen molar-refractivity contribution in [3.8, 4) is 11.5 Å². The monoisotopic (exact) mass is 221 g/mol. The standard InChI is InChI=1S/C12H19NOSi/c1-13(2)10-12-7-6-11(14-12)8-9-15(3,4)5/h6-7H,10H2,1-5H3. The highest BCUT2D eigenvalue weighted by molar-refractivity contribution is 6.83. The summed E-state index contributed by atoms with van der Waals surface area (Å²) in [5.74, 6) is 4.86. The molecule has 1 aromatic rings. The average molecular weight is 221 g/mol. The Morgan fingerprint density at radius 2 is 1.93 bits per heavy atom. The van der Waals surface area contributed by atoms with Crippen molar-refractivity contribution in [2.75, 3.05) is 14.1 Å². The molecule has 1 rings (SSSR count). The first-order valence-corrected chi connectivity index (χ1v) is 8.63. The maximum atomic E-state index is 5.60. The summed E-state index contributed by atoms with van der Waals surface area (Å²) in [5, 5.41) is 0. The van der Waals surface area contributed by atoms with Crippen molar-refractivity contribution in [3.63, 3.8) is 0 Å². The van der Waals surface area contributed by atoms with Crippen molar-refractivity contribution in [2.24, 2.45) is 0 Å². The molecule has 0 spiro atoms. The highest BCUT2D eigenvalue weighted by Crippen LogP contribution is 2.08. The van der Waals surface area contributed by atoms with Gasteiger partial charge in [0.05, 0.1) is 6.54 Å². The van der Waals surface area contributed by atoms with E-state index in [2.05, 4.69) is 36.0 Å². The molecule has 3 heteroatoms. The van der Waals surface area contributed by atoms with Gasteiger partial charge in [0.1, 0.15) is 13.8 Å². The third-order valence-electron chi connectivity index (χ3n) is 1.69. The quantitative estimate of drug-likeness (QED) is 0.564. The number of hydrogen-bond acceptors (Lipinski definition) is 2. The third kappa shape index (κ3) is 4.87. The van der Waals surface area contributed by atoms with E-state index >= 15 is 0 Å². The summed E-state index contributed by atoms with van der Waals surface area (Å²) in [6.45, 7) is 7.51. The van der Waals surface area contributed by atoms with Gasteiger partial charge in [-0.15, -0.1) is 5.54 Å². The first-order chi connectivity index (χ1) is 6.87. The summed E-state index contributed by atoms with van der Waals surface area (Å²) in [4.78, 5) is 2.08. The van der Waals surface area contributed by atoms with Gasteiger partial charge >= 0.3 is 0 Å². The third-order valence-corrected chi connectivity index (χ3v) is 2.57. The highest BCUT2D eigenvalue weighted by Gasteiger charge is 2.08. The molecule has 0 aliphatic heterocycles. The summed E-state index contributed by atoms with van der Waals surface area (Å²) in [6, 6.07) is 3.94. The zero-order valence-electron chi connectivity index (χ0n) is 10.2. The average Bonchev–Trinajstić information content (AvgIpc) is 2.46. The van der Waals surface area contributed by atoms with Crippen LogP contribution in [0.4, 0.5) is 0 Å². The zero-order valence-corrected chi connectivity index (χ0v) is 11.2. The molecule has 0 bridgehead atoms. The molecule has 0 aromatic carbocycles. The Hall–Kier alpha value is -0.983. The Labute approximate surface area is 93.3 Å². The van der Waals surface area contributed by atoms with Crippen LogP contribution in [0, 0.1) is 11.5 Å². The lowest BCUT2D eigenvalue weighted by atomic mass is 10.4. The van der Waals surface area contributed by atoms with E-state index in [1.165, 1.54) is 0 Å². The summed E-state index contributed by atoms with van der Waals surface area (Å²) >= 11 is 0. The van der Waals surface area contributed by atoms with Crippen molar-refractivity contribution in [1.82, 2.24) is 4.90 Å². The van der Waals surface area contributed by atoms with E-state index in [4.69, 9.17) is 4.42 Å². The molecule has 0 radical (unpaired) electrons. The SMILES string of the molecule is CN(C)Cc1ccc(C#C[Si](C)(C)C)o1. The van der Waals surface area contributed by atoms with Crippen molar-refractivity contribution >= 4 is 8.07 Å². The van der Waals surface area contributed by atoms with Crippen molar-refractivity contribution in [1.29, 1.82) is 0 Å². The zero-order chi connectivity index (χ0) is 11.5. The summed E-state index contributed by atoms with van der Waals surface area (Å²) in [6.07, 6.45) is 0. The second-order valence-electron chi connectivity index (χ2n) is 5.00. The minimum atomic E-state index is -1.29. The molecule has 0 saturated heterocycles. The summed E-state index contributed by atoms with van der Waals surface area (Å²) in [5.41, 5.74) is 3.29. The van der Waals surface area contributed by atoms with Crippen LogP contribution in [0.5, 0.6) is 0 Å². The van der Waals surface area contributed by atoms with Crippen LogP contribution >= 0.6 is 0 Å². The predicted molar refractivity (Wildman–Crippen MR) is 66.3 cm³/mol. The molecule has 2 nitrogen and oxygen atoms in total. The van der Waals surface area contributed by atoms with Gasteiger partial charge in [0.25, 0.3) is 0 Å². The molecule has 15 heavy (non-hydrogen) atoms. The van der Waals surface area contributed by atoms with Crippen LogP contribution in [-0.2, 0) is 6.54 Å². The van der Waals surface area contributed by atoms with Crippen molar-refractivity contribution in [3.05, 3.63) is 23.7 Å². The van der Waals surface area contributed by atoms with Gasteiger partial charge in [-0.25, -0.2) is 0 Å². The van der Waals surface area contributed by atoms with Gasteiger partial charge < -0.3 is 9.32 Å². The van der Waals surface area contributed by atoms with E-state index in [-0.39, 0.29) is 0 Å². The fourth-order valence-electron chi connectivity index (χ4n) is 1.09. The molecule has 82 valence electrons. The van der Waals surface area contributed by atoms with Crippen LogP contribution in [0.1, 0.15) is 11.5 Å².